The Kier molecular flexibility index (Phi) is 5.45. The minimum absolute atomic E-state index is 0.154. The first-order chi connectivity index (χ1) is 14.1. The van der Waals surface area contributed by atoms with Gasteiger partial charge in [-0.2, -0.15) is 5.10 Å². The van der Waals surface area contributed by atoms with Crippen molar-refractivity contribution in [1.82, 2.24) is 15.1 Å². The number of carbonyl (C=O) groups excluding carboxylic acids is 1. The van der Waals surface area contributed by atoms with Gasteiger partial charge in [0.1, 0.15) is 5.69 Å². The quantitative estimate of drug-likeness (QED) is 0.484. The molecule has 0 fully saturated rings. The van der Waals surface area contributed by atoms with Crippen molar-refractivity contribution in [3.63, 3.8) is 0 Å². The Morgan fingerprint density at radius 3 is 2.21 bits per heavy atom. The molecule has 4 rings (SSSR count). The van der Waals surface area contributed by atoms with Gasteiger partial charge in [-0.25, -0.2) is 4.68 Å². The van der Waals surface area contributed by atoms with E-state index < -0.39 is 0 Å². The molecule has 1 N–H and O–H groups in total. The molecule has 1 aromatic heterocycles. The lowest BCUT2D eigenvalue weighted by Gasteiger charge is -2.08. The Labute approximate surface area is 174 Å². The number of carbonyl (C=O) groups is 1. The molecular weight excluding hydrogens is 382 g/mol. The molecule has 0 atom stereocenters. The van der Waals surface area contributed by atoms with E-state index in [-0.39, 0.29) is 5.91 Å². The molecule has 0 aliphatic heterocycles. The summed E-state index contributed by atoms with van der Waals surface area (Å²) in [6.45, 7) is 2.34. The molecule has 0 aliphatic rings. The summed E-state index contributed by atoms with van der Waals surface area (Å²) in [5.74, 6) is -0.154. The number of nitrogens with zero attached hydrogens (tertiary/aromatic N) is 2. The summed E-state index contributed by atoms with van der Waals surface area (Å²) < 4.78 is 1.82. The van der Waals surface area contributed by atoms with Crippen LogP contribution in [0.15, 0.2) is 84.9 Å². The highest BCUT2D eigenvalue weighted by atomic mass is 35.5. The van der Waals surface area contributed by atoms with Gasteiger partial charge in [0.05, 0.1) is 16.9 Å². The maximum Gasteiger partial charge on any atom is 0.255 e. The summed E-state index contributed by atoms with van der Waals surface area (Å²) in [6, 6.07) is 27.0. The van der Waals surface area contributed by atoms with Gasteiger partial charge >= 0.3 is 0 Å². The van der Waals surface area contributed by atoms with E-state index in [9.17, 15) is 4.79 Å². The fourth-order valence-electron chi connectivity index (χ4n) is 3.27. The van der Waals surface area contributed by atoms with Crippen molar-refractivity contribution in [1.29, 1.82) is 0 Å². The van der Waals surface area contributed by atoms with Crippen molar-refractivity contribution < 1.29 is 4.79 Å². The molecule has 0 unspecified atom stereocenters. The highest BCUT2D eigenvalue weighted by Crippen LogP contribution is 2.27. The lowest BCUT2D eigenvalue weighted by Crippen LogP contribution is -2.24. The van der Waals surface area contributed by atoms with Crippen LogP contribution in [0.2, 0.25) is 5.02 Å². The molecule has 4 nitrogen and oxygen atoms in total. The fraction of sp³-hybridized carbons (Fsp3) is 0.0833. The predicted molar refractivity (Wildman–Crippen MR) is 116 cm³/mol. The molecule has 4 aromatic rings. The van der Waals surface area contributed by atoms with E-state index in [4.69, 9.17) is 16.7 Å². The second-order valence-corrected chi connectivity index (χ2v) is 7.17. The second-order valence-electron chi connectivity index (χ2n) is 6.73. The molecule has 29 heavy (non-hydrogen) atoms. The zero-order valence-electron chi connectivity index (χ0n) is 16.0. The van der Waals surface area contributed by atoms with Gasteiger partial charge in [-0.1, -0.05) is 72.3 Å². The van der Waals surface area contributed by atoms with Crippen molar-refractivity contribution in [3.8, 4) is 16.9 Å². The van der Waals surface area contributed by atoms with Gasteiger partial charge in [0.25, 0.3) is 5.91 Å². The van der Waals surface area contributed by atoms with Crippen LogP contribution in [-0.4, -0.2) is 15.7 Å². The van der Waals surface area contributed by atoms with Crippen molar-refractivity contribution in [3.05, 3.63) is 107 Å². The largest absolute Gasteiger partial charge is 0.348 e. The van der Waals surface area contributed by atoms with Gasteiger partial charge in [-0.15, -0.1) is 0 Å². The fourth-order valence-corrected chi connectivity index (χ4v) is 3.39. The molecule has 0 spiro atoms. The maximum absolute atomic E-state index is 13.2. The van der Waals surface area contributed by atoms with Gasteiger partial charge in [0.2, 0.25) is 0 Å². The molecule has 0 aliphatic carbocycles. The van der Waals surface area contributed by atoms with Crippen molar-refractivity contribution in [2.24, 2.45) is 0 Å². The summed E-state index contributed by atoms with van der Waals surface area (Å²) in [5.41, 5.74) is 4.84. The third kappa shape index (κ3) is 4.08. The van der Waals surface area contributed by atoms with Crippen LogP contribution in [0.1, 0.15) is 21.6 Å². The Balaban J connectivity index is 1.71. The molecule has 3 aromatic carbocycles. The molecule has 0 radical (unpaired) electrons. The number of para-hydroxylation sites is 1. The van der Waals surface area contributed by atoms with Gasteiger partial charge in [-0.05, 0) is 36.8 Å². The van der Waals surface area contributed by atoms with E-state index in [1.54, 1.807) is 0 Å². The zero-order valence-corrected chi connectivity index (χ0v) is 16.7. The molecular formula is C24H20ClN3O. The van der Waals surface area contributed by atoms with Gasteiger partial charge < -0.3 is 5.32 Å². The number of hydrogen-bond acceptors (Lipinski definition) is 2. The summed E-state index contributed by atoms with van der Waals surface area (Å²) in [4.78, 5) is 13.2. The van der Waals surface area contributed by atoms with E-state index in [1.165, 1.54) is 0 Å². The SMILES string of the molecule is Cc1c(C(=O)NCc2ccc(Cl)cc2)c(-c2ccccc2)nn1-c1ccccc1. The van der Waals surface area contributed by atoms with Gasteiger partial charge in [0.15, 0.2) is 0 Å². The number of nitrogens with one attached hydrogen (secondary N) is 1. The minimum atomic E-state index is -0.154. The first kappa shape index (κ1) is 19.0. The first-order valence-electron chi connectivity index (χ1n) is 9.36. The zero-order chi connectivity index (χ0) is 20.2. The first-order valence-corrected chi connectivity index (χ1v) is 9.74. The van der Waals surface area contributed by atoms with E-state index in [0.29, 0.717) is 22.8 Å². The van der Waals surface area contributed by atoms with E-state index in [1.807, 2.05) is 96.5 Å². The smallest absolute Gasteiger partial charge is 0.255 e. The Morgan fingerprint density at radius 2 is 1.55 bits per heavy atom. The summed E-state index contributed by atoms with van der Waals surface area (Å²) in [5, 5.41) is 8.46. The van der Waals surface area contributed by atoms with Gasteiger partial charge in [0, 0.05) is 17.1 Å². The molecule has 0 saturated carbocycles. The number of aromatic nitrogens is 2. The summed E-state index contributed by atoms with van der Waals surface area (Å²) in [6.07, 6.45) is 0. The Morgan fingerprint density at radius 1 is 0.931 bits per heavy atom. The average Bonchev–Trinajstić information content (AvgIpc) is 3.11. The minimum Gasteiger partial charge on any atom is -0.348 e. The summed E-state index contributed by atoms with van der Waals surface area (Å²) in [7, 11) is 0. The lowest BCUT2D eigenvalue weighted by atomic mass is 10.1. The highest BCUT2D eigenvalue weighted by molar-refractivity contribution is 6.30. The number of rotatable bonds is 5. The standard InChI is InChI=1S/C24H20ClN3O/c1-17-22(24(29)26-16-18-12-14-20(25)15-13-18)23(19-8-4-2-5-9-19)27-28(17)21-10-6-3-7-11-21/h2-15H,16H2,1H3,(H,26,29). The van der Waals surface area contributed by atoms with Crippen molar-refractivity contribution in [2.45, 2.75) is 13.5 Å². The molecule has 144 valence electrons. The average molecular weight is 402 g/mol. The van der Waals surface area contributed by atoms with E-state index >= 15 is 0 Å². The van der Waals surface area contributed by atoms with E-state index in [2.05, 4.69) is 5.32 Å². The molecule has 1 amide bonds. The van der Waals surface area contributed by atoms with Crippen LogP contribution in [0, 0.1) is 6.92 Å². The third-order valence-electron chi connectivity index (χ3n) is 4.76. The number of benzene rings is 3. The van der Waals surface area contributed by atoms with Crippen molar-refractivity contribution in [2.75, 3.05) is 0 Å². The van der Waals surface area contributed by atoms with Crippen LogP contribution in [0.25, 0.3) is 16.9 Å². The van der Waals surface area contributed by atoms with E-state index in [0.717, 1.165) is 22.5 Å². The monoisotopic (exact) mass is 401 g/mol. The molecule has 1 heterocycles. The topological polar surface area (TPSA) is 46.9 Å². The van der Waals surface area contributed by atoms with Crippen LogP contribution in [0.4, 0.5) is 0 Å². The van der Waals surface area contributed by atoms with Crippen LogP contribution in [0.3, 0.4) is 0 Å². The maximum atomic E-state index is 13.2. The van der Waals surface area contributed by atoms with Crippen LogP contribution < -0.4 is 5.32 Å². The normalized spacial score (nSPS) is 10.7. The Hall–Kier alpha value is -3.37. The molecule has 5 heteroatoms. The summed E-state index contributed by atoms with van der Waals surface area (Å²) >= 11 is 5.94. The van der Waals surface area contributed by atoms with Gasteiger partial charge in [-0.3, -0.25) is 4.79 Å². The molecule has 0 bridgehead atoms. The Bertz CT molecular complexity index is 1120. The second kappa shape index (κ2) is 8.33. The molecule has 0 saturated heterocycles. The van der Waals surface area contributed by atoms with Crippen LogP contribution in [-0.2, 0) is 6.54 Å². The third-order valence-corrected chi connectivity index (χ3v) is 5.01. The van der Waals surface area contributed by atoms with Crippen LogP contribution in [0.5, 0.6) is 0 Å². The highest BCUT2D eigenvalue weighted by Gasteiger charge is 2.22. The number of amides is 1. The number of hydrogen-bond donors (Lipinski definition) is 1. The number of halogens is 1. The lowest BCUT2D eigenvalue weighted by molar-refractivity contribution is 0.0951. The van der Waals surface area contributed by atoms with Crippen molar-refractivity contribution >= 4 is 17.5 Å². The van der Waals surface area contributed by atoms with Crippen LogP contribution >= 0.6 is 11.6 Å². The predicted octanol–water partition coefficient (Wildman–Crippen LogP) is 5.43.